The predicted octanol–water partition coefficient (Wildman–Crippen LogP) is 3.12. The summed E-state index contributed by atoms with van der Waals surface area (Å²) in [5.74, 6) is 0.117. The van der Waals surface area contributed by atoms with E-state index in [2.05, 4.69) is 48.1 Å². The Morgan fingerprint density at radius 2 is 1.88 bits per heavy atom. The van der Waals surface area contributed by atoms with Gasteiger partial charge in [-0.3, -0.25) is 14.4 Å². The molecule has 0 aliphatic carbocycles. The summed E-state index contributed by atoms with van der Waals surface area (Å²) in [6.07, 6.45) is 2.74. The smallest absolute Gasteiger partial charge is 0.257 e. The molecule has 0 N–H and O–H groups in total. The SMILES string of the molecule is Cc1c(C(=O)N2CCCN(Cc3ccccc3)CC2)cnn1C(C)C. The molecule has 1 amide bonds. The van der Waals surface area contributed by atoms with Gasteiger partial charge in [-0.25, -0.2) is 0 Å². The fourth-order valence-electron chi connectivity index (χ4n) is 3.50. The minimum Gasteiger partial charge on any atom is -0.337 e. The standard InChI is InChI=1S/C20H28N4O/c1-16(2)24-17(3)19(14-21-24)20(25)23-11-7-10-22(12-13-23)15-18-8-5-4-6-9-18/h4-6,8-9,14,16H,7,10-13,15H2,1-3H3. The Kier molecular flexibility index (Phi) is 5.53. The van der Waals surface area contributed by atoms with E-state index in [4.69, 9.17) is 0 Å². The van der Waals surface area contributed by atoms with E-state index in [1.54, 1.807) is 6.20 Å². The van der Waals surface area contributed by atoms with E-state index in [-0.39, 0.29) is 11.9 Å². The molecule has 1 aliphatic heterocycles. The Morgan fingerprint density at radius 3 is 2.56 bits per heavy atom. The van der Waals surface area contributed by atoms with Gasteiger partial charge in [-0.05, 0) is 32.8 Å². The average molecular weight is 340 g/mol. The van der Waals surface area contributed by atoms with Crippen LogP contribution < -0.4 is 0 Å². The average Bonchev–Trinajstić information content (AvgIpc) is 2.84. The third kappa shape index (κ3) is 4.10. The second-order valence-corrected chi connectivity index (χ2v) is 7.09. The summed E-state index contributed by atoms with van der Waals surface area (Å²) in [5, 5.41) is 4.38. The van der Waals surface area contributed by atoms with Crippen LogP contribution >= 0.6 is 0 Å². The highest BCUT2D eigenvalue weighted by Crippen LogP contribution is 2.17. The van der Waals surface area contributed by atoms with Gasteiger partial charge >= 0.3 is 0 Å². The van der Waals surface area contributed by atoms with E-state index in [0.29, 0.717) is 0 Å². The van der Waals surface area contributed by atoms with Crippen molar-refractivity contribution in [1.29, 1.82) is 0 Å². The summed E-state index contributed by atoms with van der Waals surface area (Å²) in [4.78, 5) is 17.4. The second-order valence-electron chi connectivity index (χ2n) is 7.09. The van der Waals surface area contributed by atoms with Crippen LogP contribution in [0.5, 0.6) is 0 Å². The largest absolute Gasteiger partial charge is 0.337 e. The molecule has 1 fully saturated rings. The quantitative estimate of drug-likeness (QED) is 0.859. The normalized spacial score (nSPS) is 16.2. The van der Waals surface area contributed by atoms with E-state index in [1.165, 1.54) is 5.56 Å². The molecular formula is C20H28N4O. The van der Waals surface area contributed by atoms with Crippen molar-refractivity contribution in [1.82, 2.24) is 19.6 Å². The second kappa shape index (κ2) is 7.83. The molecule has 1 aromatic heterocycles. The minimum atomic E-state index is 0.117. The molecule has 5 nitrogen and oxygen atoms in total. The highest BCUT2D eigenvalue weighted by atomic mass is 16.2. The Hall–Kier alpha value is -2.14. The van der Waals surface area contributed by atoms with E-state index in [0.717, 1.165) is 50.4 Å². The lowest BCUT2D eigenvalue weighted by Crippen LogP contribution is -2.35. The van der Waals surface area contributed by atoms with Gasteiger partial charge in [-0.15, -0.1) is 0 Å². The zero-order valence-corrected chi connectivity index (χ0v) is 15.5. The maximum atomic E-state index is 12.9. The molecular weight excluding hydrogens is 312 g/mol. The van der Waals surface area contributed by atoms with Crippen LogP contribution in [0, 0.1) is 6.92 Å². The third-order valence-electron chi connectivity index (χ3n) is 4.89. The van der Waals surface area contributed by atoms with Crippen LogP contribution in [0.3, 0.4) is 0 Å². The Labute approximate surface area is 150 Å². The van der Waals surface area contributed by atoms with Gasteiger partial charge in [0.05, 0.1) is 11.8 Å². The predicted molar refractivity (Wildman–Crippen MR) is 99.6 cm³/mol. The van der Waals surface area contributed by atoms with E-state index < -0.39 is 0 Å². The topological polar surface area (TPSA) is 41.4 Å². The molecule has 1 aromatic carbocycles. The number of benzene rings is 1. The van der Waals surface area contributed by atoms with E-state index >= 15 is 0 Å². The molecule has 0 spiro atoms. The van der Waals surface area contributed by atoms with Crippen LogP contribution in [0.15, 0.2) is 36.5 Å². The lowest BCUT2D eigenvalue weighted by Gasteiger charge is -2.22. The number of carbonyl (C=O) groups is 1. The molecule has 0 saturated carbocycles. The zero-order chi connectivity index (χ0) is 17.8. The van der Waals surface area contributed by atoms with Crippen molar-refractivity contribution in [3.63, 3.8) is 0 Å². The first-order chi connectivity index (χ1) is 12.1. The van der Waals surface area contributed by atoms with E-state index in [1.807, 2.05) is 22.6 Å². The molecule has 1 saturated heterocycles. The van der Waals surface area contributed by atoms with Crippen LogP contribution in [0.25, 0.3) is 0 Å². The van der Waals surface area contributed by atoms with Crippen molar-refractivity contribution < 1.29 is 4.79 Å². The van der Waals surface area contributed by atoms with Crippen LogP contribution in [-0.2, 0) is 6.54 Å². The fraction of sp³-hybridized carbons (Fsp3) is 0.500. The van der Waals surface area contributed by atoms with Gasteiger partial charge in [0, 0.05) is 44.5 Å². The summed E-state index contributed by atoms with van der Waals surface area (Å²) >= 11 is 0. The number of carbonyl (C=O) groups excluding carboxylic acids is 1. The van der Waals surface area contributed by atoms with Gasteiger partial charge in [-0.2, -0.15) is 5.10 Å². The molecule has 1 aliphatic rings. The number of hydrogen-bond acceptors (Lipinski definition) is 3. The highest BCUT2D eigenvalue weighted by molar-refractivity contribution is 5.95. The summed E-state index contributed by atoms with van der Waals surface area (Å²) < 4.78 is 1.92. The summed E-state index contributed by atoms with van der Waals surface area (Å²) in [7, 11) is 0. The van der Waals surface area contributed by atoms with Crippen molar-refractivity contribution in [2.45, 2.75) is 39.8 Å². The molecule has 3 rings (SSSR count). The van der Waals surface area contributed by atoms with Crippen molar-refractivity contribution in [2.24, 2.45) is 0 Å². The van der Waals surface area contributed by atoms with Gasteiger partial charge in [0.25, 0.3) is 5.91 Å². The molecule has 0 bridgehead atoms. The van der Waals surface area contributed by atoms with Crippen molar-refractivity contribution in [2.75, 3.05) is 26.2 Å². The molecule has 0 atom stereocenters. The van der Waals surface area contributed by atoms with Gasteiger partial charge in [0.15, 0.2) is 0 Å². The molecule has 0 radical (unpaired) electrons. The Bertz CT molecular complexity index is 708. The summed E-state index contributed by atoms with van der Waals surface area (Å²) in [6.45, 7) is 10.6. The van der Waals surface area contributed by atoms with Gasteiger partial charge in [0.2, 0.25) is 0 Å². The van der Waals surface area contributed by atoms with Crippen LogP contribution in [-0.4, -0.2) is 51.7 Å². The molecule has 134 valence electrons. The van der Waals surface area contributed by atoms with Crippen LogP contribution in [0.2, 0.25) is 0 Å². The lowest BCUT2D eigenvalue weighted by atomic mass is 10.2. The summed E-state index contributed by atoms with van der Waals surface area (Å²) in [6, 6.07) is 10.8. The van der Waals surface area contributed by atoms with Crippen molar-refractivity contribution in [3.05, 3.63) is 53.3 Å². The lowest BCUT2D eigenvalue weighted by molar-refractivity contribution is 0.0760. The Morgan fingerprint density at radius 1 is 1.12 bits per heavy atom. The molecule has 25 heavy (non-hydrogen) atoms. The van der Waals surface area contributed by atoms with Crippen molar-refractivity contribution >= 4 is 5.91 Å². The molecule has 2 aromatic rings. The maximum absolute atomic E-state index is 12.9. The first-order valence-corrected chi connectivity index (χ1v) is 9.16. The summed E-state index contributed by atoms with van der Waals surface area (Å²) in [5.41, 5.74) is 3.03. The van der Waals surface area contributed by atoms with Crippen LogP contribution in [0.4, 0.5) is 0 Å². The first kappa shape index (κ1) is 17.7. The first-order valence-electron chi connectivity index (χ1n) is 9.16. The van der Waals surface area contributed by atoms with E-state index in [9.17, 15) is 4.79 Å². The van der Waals surface area contributed by atoms with Gasteiger partial charge in [-0.1, -0.05) is 30.3 Å². The zero-order valence-electron chi connectivity index (χ0n) is 15.5. The Balaban J connectivity index is 1.63. The fourth-order valence-corrected chi connectivity index (χ4v) is 3.50. The van der Waals surface area contributed by atoms with Gasteiger partial charge in [0.1, 0.15) is 0 Å². The van der Waals surface area contributed by atoms with Crippen molar-refractivity contribution in [3.8, 4) is 0 Å². The minimum absolute atomic E-state index is 0.117. The highest BCUT2D eigenvalue weighted by Gasteiger charge is 2.23. The molecule has 0 unspecified atom stereocenters. The van der Waals surface area contributed by atoms with Crippen LogP contribution in [0.1, 0.15) is 47.9 Å². The number of rotatable bonds is 4. The number of nitrogens with zero attached hydrogens (tertiary/aromatic N) is 4. The molecule has 2 heterocycles. The number of amides is 1. The number of aromatic nitrogens is 2. The third-order valence-corrected chi connectivity index (χ3v) is 4.89. The number of hydrogen-bond donors (Lipinski definition) is 0. The van der Waals surface area contributed by atoms with Gasteiger partial charge < -0.3 is 4.90 Å². The molecule has 5 heteroatoms. The monoisotopic (exact) mass is 340 g/mol. The maximum Gasteiger partial charge on any atom is 0.257 e.